The number of nitrogens with one attached hydrogen (secondary N) is 4. The quantitative estimate of drug-likeness (QED) is 0.300. The Hall–Kier alpha value is -4.11. The molecule has 4 N–H and O–H groups in total. The Morgan fingerprint density at radius 3 is 2.22 bits per heavy atom. The van der Waals surface area contributed by atoms with Gasteiger partial charge in [-0.3, -0.25) is 9.89 Å². The van der Waals surface area contributed by atoms with E-state index in [0.29, 0.717) is 22.6 Å². The predicted octanol–water partition coefficient (Wildman–Crippen LogP) is 4.99. The number of aromatic nitrogens is 3. The van der Waals surface area contributed by atoms with Crippen molar-refractivity contribution in [3.8, 4) is 0 Å². The molecule has 0 aliphatic carbocycles. The third kappa shape index (κ3) is 5.96. The van der Waals surface area contributed by atoms with Crippen LogP contribution in [0.15, 0.2) is 90.3 Å². The molecule has 0 fully saturated rings. The first-order valence-electron chi connectivity index (χ1n) is 9.77. The van der Waals surface area contributed by atoms with E-state index < -0.39 is 0 Å². The number of nitrogens with zero attached hydrogens (tertiary/aromatic N) is 2. The number of aromatic amines is 1. The fourth-order valence-corrected chi connectivity index (χ4v) is 3.60. The number of amides is 3. The average Bonchev–Trinajstić information content (AvgIpc) is 3.32. The van der Waals surface area contributed by atoms with Crippen molar-refractivity contribution in [3.63, 3.8) is 0 Å². The van der Waals surface area contributed by atoms with Crippen LogP contribution in [0.3, 0.4) is 0 Å². The van der Waals surface area contributed by atoms with E-state index in [1.807, 2.05) is 30.3 Å². The van der Waals surface area contributed by atoms with Crippen LogP contribution in [0.4, 0.5) is 21.9 Å². The van der Waals surface area contributed by atoms with Gasteiger partial charge < -0.3 is 16.0 Å². The van der Waals surface area contributed by atoms with Gasteiger partial charge in [0.2, 0.25) is 0 Å². The normalized spacial score (nSPS) is 10.4. The molecule has 0 aliphatic heterocycles. The number of carbonyl (C=O) groups excluding carboxylic acids is 2. The molecule has 8 nitrogen and oxygen atoms in total. The summed E-state index contributed by atoms with van der Waals surface area (Å²) >= 11 is 1.53. The first kappa shape index (κ1) is 21.1. The van der Waals surface area contributed by atoms with Gasteiger partial charge in [-0.15, -0.1) is 0 Å². The zero-order valence-corrected chi connectivity index (χ0v) is 17.7. The Labute approximate surface area is 188 Å². The number of hydrogen-bond acceptors (Lipinski definition) is 5. The molecule has 0 radical (unpaired) electrons. The molecule has 4 aromatic rings. The van der Waals surface area contributed by atoms with Crippen LogP contribution in [0.5, 0.6) is 0 Å². The van der Waals surface area contributed by atoms with Crippen molar-refractivity contribution in [2.24, 2.45) is 0 Å². The van der Waals surface area contributed by atoms with Crippen molar-refractivity contribution in [2.45, 2.75) is 10.9 Å². The molecule has 160 valence electrons. The van der Waals surface area contributed by atoms with Crippen LogP contribution in [-0.2, 0) is 5.75 Å². The van der Waals surface area contributed by atoms with Gasteiger partial charge in [-0.25, -0.2) is 9.78 Å². The molecule has 0 unspecified atom stereocenters. The van der Waals surface area contributed by atoms with Gasteiger partial charge in [0.05, 0.1) is 0 Å². The van der Waals surface area contributed by atoms with Gasteiger partial charge in [-0.2, -0.15) is 5.10 Å². The van der Waals surface area contributed by atoms with Crippen molar-refractivity contribution in [1.29, 1.82) is 0 Å². The summed E-state index contributed by atoms with van der Waals surface area (Å²) in [4.78, 5) is 28.9. The molecule has 32 heavy (non-hydrogen) atoms. The van der Waals surface area contributed by atoms with E-state index in [1.54, 1.807) is 48.5 Å². The fourth-order valence-electron chi connectivity index (χ4n) is 2.86. The van der Waals surface area contributed by atoms with Crippen molar-refractivity contribution in [1.82, 2.24) is 15.2 Å². The lowest BCUT2D eigenvalue weighted by Gasteiger charge is -2.10. The maximum atomic E-state index is 12.6. The summed E-state index contributed by atoms with van der Waals surface area (Å²) in [5.74, 6) is 0.487. The Kier molecular flexibility index (Phi) is 6.78. The second kappa shape index (κ2) is 10.3. The smallest absolute Gasteiger partial charge is 0.322 e. The summed E-state index contributed by atoms with van der Waals surface area (Å²) in [6.45, 7) is 0. The number of rotatable bonds is 7. The number of urea groups is 1. The molecule has 1 aromatic heterocycles. The van der Waals surface area contributed by atoms with Crippen LogP contribution < -0.4 is 16.0 Å². The lowest BCUT2D eigenvalue weighted by molar-refractivity contribution is 0.102. The van der Waals surface area contributed by atoms with Gasteiger partial charge in [0.25, 0.3) is 5.91 Å². The number of benzene rings is 3. The fraction of sp³-hybridized carbons (Fsp3) is 0.0435. The number of hydrogen-bond donors (Lipinski definition) is 4. The van der Waals surface area contributed by atoms with Gasteiger partial charge >= 0.3 is 6.03 Å². The molecule has 9 heteroatoms. The summed E-state index contributed by atoms with van der Waals surface area (Å²) in [7, 11) is 0. The minimum atomic E-state index is -0.363. The highest BCUT2D eigenvalue weighted by molar-refractivity contribution is 7.98. The minimum absolute atomic E-state index is 0.231. The highest BCUT2D eigenvalue weighted by atomic mass is 32.2. The average molecular weight is 445 g/mol. The van der Waals surface area contributed by atoms with Crippen molar-refractivity contribution >= 4 is 40.8 Å². The Bertz CT molecular complexity index is 1180. The summed E-state index contributed by atoms with van der Waals surface area (Å²) in [6.07, 6.45) is 1.47. The SMILES string of the molecule is O=C(Nc1ccccc1)Nc1cccc(NC(=O)c2ccc(CSc3ncn[nH]3)cc2)c1. The molecule has 0 bridgehead atoms. The summed E-state index contributed by atoms with van der Waals surface area (Å²) < 4.78 is 0. The van der Waals surface area contributed by atoms with Crippen LogP contribution in [0.1, 0.15) is 15.9 Å². The minimum Gasteiger partial charge on any atom is -0.322 e. The number of anilines is 3. The Morgan fingerprint density at radius 2 is 1.50 bits per heavy atom. The molecule has 0 atom stereocenters. The van der Waals surface area contributed by atoms with Gasteiger partial charge in [0.15, 0.2) is 5.16 Å². The van der Waals surface area contributed by atoms with Gasteiger partial charge in [0, 0.05) is 28.4 Å². The van der Waals surface area contributed by atoms with Crippen LogP contribution in [0.25, 0.3) is 0 Å². The van der Waals surface area contributed by atoms with E-state index in [0.717, 1.165) is 16.5 Å². The zero-order chi connectivity index (χ0) is 22.2. The van der Waals surface area contributed by atoms with Crippen molar-refractivity contribution < 1.29 is 9.59 Å². The van der Waals surface area contributed by atoms with E-state index >= 15 is 0 Å². The lowest BCUT2D eigenvalue weighted by Crippen LogP contribution is -2.19. The first-order chi connectivity index (χ1) is 15.7. The molecule has 4 rings (SSSR count). The van der Waals surface area contributed by atoms with E-state index in [1.165, 1.54) is 18.1 Å². The highest BCUT2D eigenvalue weighted by Gasteiger charge is 2.08. The first-order valence-corrected chi connectivity index (χ1v) is 10.8. The van der Waals surface area contributed by atoms with E-state index in [9.17, 15) is 9.59 Å². The zero-order valence-electron chi connectivity index (χ0n) is 16.9. The lowest BCUT2D eigenvalue weighted by atomic mass is 10.1. The molecule has 3 amide bonds. The molecule has 0 spiro atoms. The molecule has 3 aromatic carbocycles. The molecular weight excluding hydrogens is 424 g/mol. The highest BCUT2D eigenvalue weighted by Crippen LogP contribution is 2.20. The van der Waals surface area contributed by atoms with Crippen LogP contribution in [-0.4, -0.2) is 27.1 Å². The largest absolute Gasteiger partial charge is 0.323 e. The van der Waals surface area contributed by atoms with Crippen LogP contribution in [0.2, 0.25) is 0 Å². The molecule has 1 heterocycles. The topological polar surface area (TPSA) is 112 Å². The molecular formula is C23H20N6O2S. The standard InChI is InChI=1S/C23H20N6O2S/c30-21(17-11-9-16(10-12-17)14-32-23-24-15-25-29-23)26-19-7-4-8-20(13-19)28-22(31)27-18-5-2-1-3-6-18/h1-13,15H,14H2,(H,26,30)(H,24,25,29)(H2,27,28,31). The second-order valence-corrected chi connectivity index (χ2v) is 7.72. The van der Waals surface area contributed by atoms with Gasteiger partial charge in [-0.1, -0.05) is 48.2 Å². The van der Waals surface area contributed by atoms with E-state index in [2.05, 4.69) is 31.1 Å². The number of carbonyl (C=O) groups is 2. The predicted molar refractivity (Wildman–Crippen MR) is 126 cm³/mol. The number of para-hydroxylation sites is 1. The van der Waals surface area contributed by atoms with Crippen molar-refractivity contribution in [3.05, 3.63) is 96.3 Å². The maximum Gasteiger partial charge on any atom is 0.323 e. The van der Waals surface area contributed by atoms with Crippen LogP contribution >= 0.6 is 11.8 Å². The summed E-state index contributed by atoms with van der Waals surface area (Å²) in [5.41, 5.74) is 3.45. The molecule has 0 saturated heterocycles. The Morgan fingerprint density at radius 1 is 0.812 bits per heavy atom. The summed E-state index contributed by atoms with van der Waals surface area (Å²) in [6, 6.07) is 23.1. The monoisotopic (exact) mass is 444 g/mol. The van der Waals surface area contributed by atoms with E-state index in [4.69, 9.17) is 0 Å². The van der Waals surface area contributed by atoms with E-state index in [-0.39, 0.29) is 11.9 Å². The second-order valence-electron chi connectivity index (χ2n) is 6.76. The molecule has 0 aliphatic rings. The van der Waals surface area contributed by atoms with Gasteiger partial charge in [0.1, 0.15) is 6.33 Å². The third-order valence-electron chi connectivity index (χ3n) is 4.39. The van der Waals surface area contributed by atoms with Crippen molar-refractivity contribution in [2.75, 3.05) is 16.0 Å². The third-order valence-corrected chi connectivity index (χ3v) is 5.34. The maximum absolute atomic E-state index is 12.6. The van der Waals surface area contributed by atoms with Crippen LogP contribution in [0, 0.1) is 0 Å². The molecule has 0 saturated carbocycles. The van der Waals surface area contributed by atoms with Gasteiger partial charge in [-0.05, 0) is 48.0 Å². The number of thioether (sulfide) groups is 1. The Balaban J connectivity index is 1.32. The summed E-state index contributed by atoms with van der Waals surface area (Å²) in [5, 5.41) is 15.7. The number of H-pyrrole nitrogens is 1.